The summed E-state index contributed by atoms with van der Waals surface area (Å²) in [6, 6.07) is 22.0. The molecule has 0 atom stereocenters. The molecular formula is C27H29N3O4S. The first-order valence-electron chi connectivity index (χ1n) is 11.9. The van der Waals surface area contributed by atoms with Crippen LogP contribution in [0.5, 0.6) is 0 Å². The summed E-state index contributed by atoms with van der Waals surface area (Å²) in [5.41, 5.74) is 4.18. The van der Waals surface area contributed by atoms with Gasteiger partial charge in [0.25, 0.3) is 15.9 Å². The number of rotatable bonds is 6. The predicted molar refractivity (Wildman–Crippen MR) is 136 cm³/mol. The molecule has 1 fully saturated rings. The fourth-order valence-electron chi connectivity index (χ4n) is 4.60. The Morgan fingerprint density at radius 1 is 0.914 bits per heavy atom. The molecule has 0 saturated carbocycles. The van der Waals surface area contributed by atoms with E-state index in [9.17, 15) is 13.2 Å². The minimum Gasteiger partial charge on any atom is -0.378 e. The SMILES string of the molecule is O=C(NCc1ccc(N2CCOCC2)cc1)c1cccc(S(=O)(=O)N2CCCc3ccccc32)c1. The third kappa shape index (κ3) is 5.04. The average molecular weight is 492 g/mol. The highest BCUT2D eigenvalue weighted by Gasteiger charge is 2.29. The molecule has 2 aliphatic rings. The highest BCUT2D eigenvalue weighted by Crippen LogP contribution is 2.32. The van der Waals surface area contributed by atoms with Gasteiger partial charge in [0, 0.05) is 37.4 Å². The second-order valence-corrected chi connectivity index (χ2v) is 10.6. The number of hydrogen-bond acceptors (Lipinski definition) is 5. The summed E-state index contributed by atoms with van der Waals surface area (Å²) < 4.78 is 33.8. The maximum atomic E-state index is 13.4. The molecule has 0 unspecified atom stereocenters. The zero-order valence-electron chi connectivity index (χ0n) is 19.5. The van der Waals surface area contributed by atoms with Crippen LogP contribution in [0.2, 0.25) is 0 Å². The molecule has 5 rings (SSSR count). The third-order valence-electron chi connectivity index (χ3n) is 6.52. The van der Waals surface area contributed by atoms with Crippen molar-refractivity contribution >= 4 is 27.3 Å². The zero-order chi connectivity index (χ0) is 24.3. The van der Waals surface area contributed by atoms with Crippen molar-refractivity contribution in [1.29, 1.82) is 0 Å². The maximum Gasteiger partial charge on any atom is 0.264 e. The number of nitrogens with zero attached hydrogens (tertiary/aromatic N) is 2. The van der Waals surface area contributed by atoms with Crippen LogP contribution in [0.4, 0.5) is 11.4 Å². The third-order valence-corrected chi connectivity index (χ3v) is 8.33. The van der Waals surface area contributed by atoms with Gasteiger partial charge in [0.15, 0.2) is 0 Å². The molecule has 2 aliphatic heterocycles. The molecule has 1 saturated heterocycles. The molecule has 0 bridgehead atoms. The topological polar surface area (TPSA) is 79.0 Å². The second kappa shape index (κ2) is 10.1. The molecule has 7 nitrogen and oxygen atoms in total. The number of aryl methyl sites for hydroxylation is 1. The minimum atomic E-state index is -3.77. The fraction of sp³-hybridized carbons (Fsp3) is 0.296. The lowest BCUT2D eigenvalue weighted by molar-refractivity contribution is 0.0950. The molecule has 0 aliphatic carbocycles. The fourth-order valence-corrected chi connectivity index (χ4v) is 6.19. The van der Waals surface area contributed by atoms with E-state index in [2.05, 4.69) is 22.3 Å². The summed E-state index contributed by atoms with van der Waals surface area (Å²) in [4.78, 5) is 15.2. The van der Waals surface area contributed by atoms with Crippen LogP contribution in [-0.2, 0) is 27.7 Å². The van der Waals surface area contributed by atoms with Crippen molar-refractivity contribution < 1.29 is 17.9 Å². The first kappa shape index (κ1) is 23.4. The molecule has 3 aromatic rings. The number of nitrogens with one attached hydrogen (secondary N) is 1. The van der Waals surface area contributed by atoms with Crippen molar-refractivity contribution in [2.45, 2.75) is 24.3 Å². The van der Waals surface area contributed by atoms with Gasteiger partial charge >= 0.3 is 0 Å². The van der Waals surface area contributed by atoms with E-state index < -0.39 is 10.0 Å². The van der Waals surface area contributed by atoms with Gasteiger partial charge in [-0.3, -0.25) is 9.10 Å². The van der Waals surface area contributed by atoms with E-state index >= 15 is 0 Å². The number of ether oxygens (including phenoxy) is 1. The summed E-state index contributed by atoms with van der Waals surface area (Å²) in [7, 11) is -3.77. The number of anilines is 2. The highest BCUT2D eigenvalue weighted by atomic mass is 32.2. The van der Waals surface area contributed by atoms with Crippen LogP contribution in [0.3, 0.4) is 0 Å². The Bertz CT molecular complexity index is 1300. The van der Waals surface area contributed by atoms with E-state index in [1.807, 2.05) is 36.4 Å². The molecule has 35 heavy (non-hydrogen) atoms. The largest absolute Gasteiger partial charge is 0.378 e. The van der Waals surface area contributed by atoms with Crippen molar-refractivity contribution in [2.75, 3.05) is 42.1 Å². The number of benzene rings is 3. The molecule has 8 heteroatoms. The quantitative estimate of drug-likeness (QED) is 0.570. The van der Waals surface area contributed by atoms with Gasteiger partial charge in [-0.2, -0.15) is 0 Å². The number of fused-ring (bicyclic) bond motifs is 1. The van der Waals surface area contributed by atoms with Gasteiger partial charge in [-0.25, -0.2) is 8.42 Å². The van der Waals surface area contributed by atoms with Crippen molar-refractivity contribution in [3.05, 3.63) is 89.5 Å². The Balaban J connectivity index is 1.27. The minimum absolute atomic E-state index is 0.122. The van der Waals surface area contributed by atoms with E-state index in [0.29, 0.717) is 24.3 Å². The molecule has 182 valence electrons. The number of carbonyl (C=O) groups excluding carboxylic acids is 1. The lowest BCUT2D eigenvalue weighted by Crippen LogP contribution is -2.36. The average Bonchev–Trinajstić information content (AvgIpc) is 2.92. The second-order valence-electron chi connectivity index (χ2n) is 8.79. The Labute approximate surface area is 206 Å². The van der Waals surface area contributed by atoms with Crippen LogP contribution >= 0.6 is 0 Å². The lowest BCUT2D eigenvalue weighted by atomic mass is 10.0. The lowest BCUT2D eigenvalue weighted by Gasteiger charge is -2.30. The first-order valence-corrected chi connectivity index (χ1v) is 13.4. The van der Waals surface area contributed by atoms with Gasteiger partial charge in [-0.1, -0.05) is 36.4 Å². The molecule has 1 amide bonds. The smallest absolute Gasteiger partial charge is 0.264 e. The van der Waals surface area contributed by atoms with Crippen LogP contribution < -0.4 is 14.5 Å². The van der Waals surface area contributed by atoms with E-state index in [4.69, 9.17) is 4.74 Å². The van der Waals surface area contributed by atoms with E-state index in [-0.39, 0.29) is 10.8 Å². The number of carbonyl (C=O) groups is 1. The standard InChI is InChI=1S/C27H29N3O4S/c31-27(28-20-21-10-12-24(13-11-21)29-15-17-34-18-16-29)23-6-3-8-25(19-23)35(32,33)30-14-4-7-22-5-1-2-9-26(22)30/h1-3,5-6,8-13,19H,4,7,14-18,20H2,(H,28,31). The Morgan fingerprint density at radius 3 is 2.49 bits per heavy atom. The van der Waals surface area contributed by atoms with E-state index in [1.165, 1.54) is 10.4 Å². The Kier molecular flexibility index (Phi) is 6.74. The van der Waals surface area contributed by atoms with Gasteiger partial charge in [-0.05, 0) is 60.4 Å². The van der Waals surface area contributed by atoms with E-state index in [0.717, 1.165) is 56.0 Å². The van der Waals surface area contributed by atoms with Crippen LogP contribution in [0.15, 0.2) is 77.7 Å². The summed E-state index contributed by atoms with van der Waals surface area (Å²) >= 11 is 0. The highest BCUT2D eigenvalue weighted by molar-refractivity contribution is 7.92. The van der Waals surface area contributed by atoms with Gasteiger partial charge in [0.2, 0.25) is 0 Å². The first-order chi connectivity index (χ1) is 17.0. The van der Waals surface area contributed by atoms with Crippen molar-refractivity contribution in [2.24, 2.45) is 0 Å². The molecule has 3 aromatic carbocycles. The van der Waals surface area contributed by atoms with Crippen molar-refractivity contribution in [1.82, 2.24) is 5.32 Å². The molecule has 0 spiro atoms. The summed E-state index contributed by atoms with van der Waals surface area (Å²) in [5.74, 6) is -0.307. The van der Waals surface area contributed by atoms with Gasteiger partial charge < -0.3 is 15.0 Å². The molecule has 0 radical (unpaired) electrons. The van der Waals surface area contributed by atoms with Gasteiger partial charge in [0.1, 0.15) is 0 Å². The number of morpholine rings is 1. The number of para-hydroxylation sites is 1. The Morgan fingerprint density at radius 2 is 1.69 bits per heavy atom. The monoisotopic (exact) mass is 491 g/mol. The molecule has 2 heterocycles. The van der Waals surface area contributed by atoms with Crippen LogP contribution in [-0.4, -0.2) is 47.2 Å². The Hall–Kier alpha value is -3.36. The zero-order valence-corrected chi connectivity index (χ0v) is 20.3. The molecular weight excluding hydrogens is 462 g/mol. The molecule has 1 N–H and O–H groups in total. The van der Waals surface area contributed by atoms with Gasteiger partial charge in [0.05, 0.1) is 23.8 Å². The van der Waals surface area contributed by atoms with Gasteiger partial charge in [-0.15, -0.1) is 0 Å². The van der Waals surface area contributed by atoms with Crippen molar-refractivity contribution in [3.63, 3.8) is 0 Å². The van der Waals surface area contributed by atoms with Crippen LogP contribution in [0, 0.1) is 0 Å². The molecule has 0 aromatic heterocycles. The maximum absolute atomic E-state index is 13.4. The van der Waals surface area contributed by atoms with Crippen molar-refractivity contribution in [3.8, 4) is 0 Å². The van der Waals surface area contributed by atoms with E-state index in [1.54, 1.807) is 18.2 Å². The predicted octanol–water partition coefficient (Wildman–Crippen LogP) is 3.59. The van der Waals surface area contributed by atoms with Crippen LogP contribution in [0.1, 0.15) is 27.9 Å². The summed E-state index contributed by atoms with van der Waals surface area (Å²) in [5, 5.41) is 2.91. The summed E-state index contributed by atoms with van der Waals surface area (Å²) in [6.45, 7) is 4.00. The summed E-state index contributed by atoms with van der Waals surface area (Å²) in [6.07, 6.45) is 1.62. The number of hydrogen-bond donors (Lipinski definition) is 1. The normalized spacial score (nSPS) is 16.0. The van der Waals surface area contributed by atoms with Crippen LogP contribution in [0.25, 0.3) is 0 Å². The number of amides is 1. The number of sulfonamides is 1.